The van der Waals surface area contributed by atoms with E-state index in [1.807, 2.05) is 33.8 Å². The number of amides is 1. The van der Waals surface area contributed by atoms with Crippen molar-refractivity contribution < 1.29 is 9.69 Å². The van der Waals surface area contributed by atoms with Crippen LogP contribution in [0.15, 0.2) is 12.1 Å². The molecule has 2 N–H and O–H groups in total. The summed E-state index contributed by atoms with van der Waals surface area (Å²) in [6.07, 6.45) is 0. The lowest BCUT2D eigenvalue weighted by Crippen LogP contribution is -3.15. The normalized spacial score (nSPS) is 16.3. The highest BCUT2D eigenvalue weighted by Crippen LogP contribution is 2.33. The van der Waals surface area contributed by atoms with Gasteiger partial charge >= 0.3 is 0 Å². The molecule has 0 saturated carbocycles. The fraction of sp³-hybridized carbons (Fsp3) is 0.579. The molecule has 0 atom stereocenters. The minimum absolute atomic E-state index is 0.124. The number of nitrogens with one attached hydrogen (secondary N) is 2. The van der Waals surface area contributed by atoms with Crippen LogP contribution in [0, 0.1) is 12.3 Å². The maximum Gasteiger partial charge on any atom is 0.225 e. The minimum Gasteiger partial charge on any atom is -0.350 e. The quantitative estimate of drug-likeness (QED) is 0.833. The van der Waals surface area contributed by atoms with Crippen molar-refractivity contribution in [3.05, 3.63) is 22.7 Å². The van der Waals surface area contributed by atoms with Crippen LogP contribution < -0.4 is 15.1 Å². The molecule has 1 aromatic carbocycles. The second-order valence-electron chi connectivity index (χ2n) is 8.01. The maximum absolute atomic E-state index is 11.9. The Morgan fingerprint density at radius 3 is 2.69 bits per heavy atom. The Bertz CT molecular complexity index is 791. The number of carbonyl (C=O) groups excluding carboxylic acids is 1. The third-order valence-corrected chi connectivity index (χ3v) is 6.41. The Morgan fingerprint density at radius 1 is 1.35 bits per heavy atom. The molecule has 1 saturated heterocycles. The largest absolute Gasteiger partial charge is 0.350 e. The molecule has 142 valence electrons. The zero-order valence-corrected chi connectivity index (χ0v) is 17.6. The van der Waals surface area contributed by atoms with Gasteiger partial charge < -0.3 is 15.1 Å². The van der Waals surface area contributed by atoms with Gasteiger partial charge in [-0.2, -0.15) is 0 Å². The lowest BCUT2D eigenvalue weighted by Gasteiger charge is -2.32. The Hall–Kier alpha value is -1.37. The van der Waals surface area contributed by atoms with E-state index in [-0.39, 0.29) is 11.3 Å². The van der Waals surface area contributed by atoms with E-state index in [9.17, 15) is 4.79 Å². The molecule has 0 spiro atoms. The summed E-state index contributed by atoms with van der Waals surface area (Å²) in [5.74, 6) is 0.124. The SMILES string of the molecule is Cc1c(Cl)ccc2sc(N3CC[NH+](CCNC(=O)C(C)(C)C)CC3)nc12. The van der Waals surface area contributed by atoms with Gasteiger partial charge in [0.05, 0.1) is 49.5 Å². The molecule has 1 aliphatic rings. The highest BCUT2D eigenvalue weighted by molar-refractivity contribution is 7.22. The van der Waals surface area contributed by atoms with Gasteiger partial charge in [0.2, 0.25) is 5.91 Å². The van der Waals surface area contributed by atoms with E-state index in [4.69, 9.17) is 16.6 Å². The smallest absolute Gasteiger partial charge is 0.225 e. The van der Waals surface area contributed by atoms with Crippen molar-refractivity contribution >= 4 is 44.2 Å². The van der Waals surface area contributed by atoms with Crippen LogP contribution in [0.2, 0.25) is 5.02 Å². The van der Waals surface area contributed by atoms with E-state index in [0.29, 0.717) is 0 Å². The predicted molar refractivity (Wildman–Crippen MR) is 110 cm³/mol. The molecule has 26 heavy (non-hydrogen) atoms. The number of halogens is 1. The number of piperazine rings is 1. The number of nitrogens with zero attached hydrogens (tertiary/aromatic N) is 2. The molecule has 0 aliphatic carbocycles. The number of quaternary nitrogens is 1. The van der Waals surface area contributed by atoms with Crippen molar-refractivity contribution in [1.29, 1.82) is 0 Å². The monoisotopic (exact) mass is 395 g/mol. The van der Waals surface area contributed by atoms with Crippen molar-refractivity contribution in [3.63, 3.8) is 0 Å². The molecule has 0 radical (unpaired) electrons. The van der Waals surface area contributed by atoms with Crippen LogP contribution >= 0.6 is 22.9 Å². The summed E-state index contributed by atoms with van der Waals surface area (Å²) < 4.78 is 1.20. The second kappa shape index (κ2) is 7.71. The summed E-state index contributed by atoms with van der Waals surface area (Å²) in [6, 6.07) is 4.01. The number of hydrogen-bond acceptors (Lipinski definition) is 4. The number of carbonyl (C=O) groups is 1. The van der Waals surface area contributed by atoms with Gasteiger partial charge in [0.25, 0.3) is 0 Å². The molecule has 0 bridgehead atoms. The topological polar surface area (TPSA) is 49.7 Å². The molecular formula is C19H28ClN4OS+. The first-order valence-corrected chi connectivity index (χ1v) is 10.4. The summed E-state index contributed by atoms with van der Waals surface area (Å²) in [7, 11) is 0. The van der Waals surface area contributed by atoms with Gasteiger partial charge in [-0.25, -0.2) is 4.98 Å². The maximum atomic E-state index is 11.9. The number of rotatable bonds is 4. The second-order valence-corrected chi connectivity index (χ2v) is 9.42. The fourth-order valence-electron chi connectivity index (χ4n) is 3.11. The molecule has 2 heterocycles. The summed E-state index contributed by atoms with van der Waals surface area (Å²) >= 11 is 7.96. The molecular weight excluding hydrogens is 368 g/mol. The van der Waals surface area contributed by atoms with Gasteiger partial charge in [0.15, 0.2) is 5.13 Å². The van der Waals surface area contributed by atoms with E-state index in [2.05, 4.69) is 16.3 Å². The molecule has 1 amide bonds. The predicted octanol–water partition coefficient (Wildman–Crippen LogP) is 2.13. The molecule has 0 unspecified atom stereocenters. The standard InChI is InChI=1S/C19H27ClN4OS/c1-13-14(20)5-6-15-16(13)22-18(26-15)24-11-9-23(10-12-24)8-7-21-17(25)19(2,3)4/h5-6H,7-12H2,1-4H3,(H,21,25)/p+1. The third kappa shape index (κ3) is 4.30. The molecule has 7 heteroatoms. The zero-order chi connectivity index (χ0) is 18.9. The van der Waals surface area contributed by atoms with Crippen molar-refractivity contribution in [2.24, 2.45) is 5.41 Å². The Kier molecular flexibility index (Phi) is 5.75. The number of fused-ring (bicyclic) bond motifs is 1. The van der Waals surface area contributed by atoms with Crippen LogP contribution in [0.25, 0.3) is 10.2 Å². The number of anilines is 1. The van der Waals surface area contributed by atoms with Crippen LogP contribution in [-0.2, 0) is 4.79 Å². The minimum atomic E-state index is -0.318. The fourth-order valence-corrected chi connectivity index (χ4v) is 4.34. The molecule has 5 nitrogen and oxygen atoms in total. The molecule has 3 rings (SSSR count). The van der Waals surface area contributed by atoms with Gasteiger partial charge in [-0.15, -0.1) is 0 Å². The average molecular weight is 396 g/mol. The summed E-state index contributed by atoms with van der Waals surface area (Å²) in [6.45, 7) is 13.7. The van der Waals surface area contributed by atoms with Crippen LogP contribution in [-0.4, -0.2) is 50.2 Å². The van der Waals surface area contributed by atoms with E-state index >= 15 is 0 Å². The third-order valence-electron chi connectivity index (χ3n) is 4.92. The summed E-state index contributed by atoms with van der Waals surface area (Å²) in [5.41, 5.74) is 1.77. The van der Waals surface area contributed by atoms with Crippen molar-refractivity contribution in [2.45, 2.75) is 27.7 Å². The highest BCUT2D eigenvalue weighted by Gasteiger charge is 2.24. The lowest BCUT2D eigenvalue weighted by molar-refractivity contribution is -0.899. The Morgan fingerprint density at radius 2 is 2.04 bits per heavy atom. The summed E-state index contributed by atoms with van der Waals surface area (Å²) in [5, 5.41) is 4.91. The zero-order valence-electron chi connectivity index (χ0n) is 16.0. The number of aromatic nitrogens is 1. The summed E-state index contributed by atoms with van der Waals surface area (Å²) in [4.78, 5) is 20.7. The van der Waals surface area contributed by atoms with Gasteiger partial charge in [0.1, 0.15) is 0 Å². The Labute approximate surface area is 164 Å². The first-order valence-electron chi connectivity index (χ1n) is 9.18. The highest BCUT2D eigenvalue weighted by atomic mass is 35.5. The molecule has 1 fully saturated rings. The van der Waals surface area contributed by atoms with Gasteiger partial charge in [-0.05, 0) is 24.6 Å². The van der Waals surface area contributed by atoms with Crippen molar-refractivity contribution in [2.75, 3.05) is 44.2 Å². The van der Waals surface area contributed by atoms with Gasteiger partial charge in [-0.3, -0.25) is 4.79 Å². The Balaban J connectivity index is 1.52. The van der Waals surface area contributed by atoms with E-state index in [1.54, 1.807) is 11.3 Å². The number of benzene rings is 1. The molecule has 1 aliphatic heterocycles. The average Bonchev–Trinajstić information content (AvgIpc) is 3.03. The van der Waals surface area contributed by atoms with Crippen molar-refractivity contribution in [1.82, 2.24) is 10.3 Å². The van der Waals surface area contributed by atoms with Crippen LogP contribution in [0.4, 0.5) is 5.13 Å². The van der Waals surface area contributed by atoms with Crippen molar-refractivity contribution in [3.8, 4) is 0 Å². The van der Waals surface area contributed by atoms with E-state index < -0.39 is 0 Å². The van der Waals surface area contributed by atoms with E-state index in [0.717, 1.165) is 60.5 Å². The first kappa shape index (κ1) is 19.4. The van der Waals surface area contributed by atoms with E-state index in [1.165, 1.54) is 9.60 Å². The number of hydrogen-bond donors (Lipinski definition) is 2. The first-order chi connectivity index (χ1) is 12.3. The number of thiazole rings is 1. The van der Waals surface area contributed by atoms with Crippen LogP contribution in [0.5, 0.6) is 0 Å². The van der Waals surface area contributed by atoms with Crippen LogP contribution in [0.1, 0.15) is 26.3 Å². The van der Waals surface area contributed by atoms with Gasteiger partial charge in [0, 0.05) is 10.4 Å². The number of aryl methyl sites for hydroxylation is 1. The molecule has 1 aromatic heterocycles. The van der Waals surface area contributed by atoms with Gasteiger partial charge in [-0.1, -0.05) is 43.7 Å². The lowest BCUT2D eigenvalue weighted by atomic mass is 9.96. The van der Waals surface area contributed by atoms with Crippen LogP contribution in [0.3, 0.4) is 0 Å². The molecule has 2 aromatic rings.